The van der Waals surface area contributed by atoms with Crippen molar-refractivity contribution in [3.63, 3.8) is 0 Å². The standard InChI is InChI=1S/C27H22N6O5S2/c28-9-2-12-32(13-3-10-29)40(35,36)21-7-5-20(6-8-21)26(34)33(17-19-4-1-11-30-16-19)27-31-22-14-23-24(38-18-37-23)15-25(22)39-27/h1,4-8,11,14-16H,2-3,12-13,17-18H2. The zero-order valence-electron chi connectivity index (χ0n) is 21.1. The largest absolute Gasteiger partial charge is 0.454 e. The van der Waals surface area contributed by atoms with Gasteiger partial charge in [0.15, 0.2) is 16.6 Å². The molecular formula is C27H22N6O5S2. The predicted octanol–water partition coefficient (Wildman–Crippen LogP) is 4.09. The number of hydrogen-bond donors (Lipinski definition) is 0. The van der Waals surface area contributed by atoms with Gasteiger partial charge in [0.1, 0.15) is 0 Å². The molecule has 40 heavy (non-hydrogen) atoms. The van der Waals surface area contributed by atoms with Crippen LogP contribution in [0.15, 0.2) is 65.8 Å². The van der Waals surface area contributed by atoms with Crippen LogP contribution in [0.25, 0.3) is 10.2 Å². The van der Waals surface area contributed by atoms with E-state index in [1.807, 2.05) is 24.3 Å². The van der Waals surface area contributed by atoms with Crippen LogP contribution in [0, 0.1) is 22.7 Å². The number of fused-ring (bicyclic) bond motifs is 2. The maximum absolute atomic E-state index is 13.8. The van der Waals surface area contributed by atoms with Gasteiger partial charge in [-0.25, -0.2) is 13.4 Å². The van der Waals surface area contributed by atoms with Crippen LogP contribution in [-0.2, 0) is 16.6 Å². The fraction of sp³-hybridized carbons (Fsp3) is 0.222. The molecule has 1 aliphatic heterocycles. The molecule has 0 saturated carbocycles. The van der Waals surface area contributed by atoms with E-state index in [1.54, 1.807) is 24.5 Å². The molecular weight excluding hydrogens is 552 g/mol. The van der Waals surface area contributed by atoms with E-state index in [0.29, 0.717) is 22.1 Å². The Labute approximate surface area is 234 Å². The average Bonchev–Trinajstić information content (AvgIpc) is 3.60. The third kappa shape index (κ3) is 5.58. The molecule has 2 aromatic heterocycles. The van der Waals surface area contributed by atoms with Crippen LogP contribution >= 0.6 is 11.3 Å². The number of thiazole rings is 1. The Morgan fingerprint density at radius 3 is 2.38 bits per heavy atom. The van der Waals surface area contributed by atoms with Crippen LogP contribution in [0.5, 0.6) is 11.5 Å². The zero-order chi connectivity index (χ0) is 28.1. The monoisotopic (exact) mass is 574 g/mol. The van der Waals surface area contributed by atoms with Gasteiger partial charge in [0, 0.05) is 56.0 Å². The minimum absolute atomic E-state index is 0.00602. The number of amides is 1. The van der Waals surface area contributed by atoms with E-state index in [1.165, 1.54) is 40.5 Å². The van der Waals surface area contributed by atoms with Crippen molar-refractivity contribution < 1.29 is 22.7 Å². The van der Waals surface area contributed by atoms with Crippen molar-refractivity contribution in [2.24, 2.45) is 0 Å². The highest BCUT2D eigenvalue weighted by Crippen LogP contribution is 2.40. The van der Waals surface area contributed by atoms with Crippen molar-refractivity contribution in [2.75, 3.05) is 24.8 Å². The van der Waals surface area contributed by atoms with Gasteiger partial charge >= 0.3 is 0 Å². The Kier molecular flexibility index (Phi) is 7.89. The Morgan fingerprint density at radius 1 is 1.02 bits per heavy atom. The fourth-order valence-electron chi connectivity index (χ4n) is 4.10. The topological polar surface area (TPSA) is 150 Å². The normalized spacial score (nSPS) is 12.3. The molecule has 11 nitrogen and oxygen atoms in total. The van der Waals surface area contributed by atoms with Gasteiger partial charge in [-0.2, -0.15) is 14.8 Å². The molecule has 0 fully saturated rings. The summed E-state index contributed by atoms with van der Waals surface area (Å²) in [4.78, 5) is 24.1. The van der Waals surface area contributed by atoms with E-state index in [0.717, 1.165) is 14.6 Å². The second-order valence-corrected chi connectivity index (χ2v) is 11.6. The van der Waals surface area contributed by atoms with E-state index in [2.05, 4.69) is 9.97 Å². The molecule has 1 amide bonds. The highest BCUT2D eigenvalue weighted by Gasteiger charge is 2.27. The minimum atomic E-state index is -3.97. The molecule has 0 radical (unpaired) electrons. The molecule has 0 N–H and O–H groups in total. The van der Waals surface area contributed by atoms with E-state index < -0.39 is 10.0 Å². The molecule has 4 aromatic rings. The molecule has 1 aliphatic rings. The molecule has 0 unspecified atom stereocenters. The molecule has 2 aromatic carbocycles. The van der Waals surface area contributed by atoms with Gasteiger partial charge in [0.05, 0.1) is 33.8 Å². The minimum Gasteiger partial charge on any atom is -0.454 e. The van der Waals surface area contributed by atoms with Crippen LogP contribution < -0.4 is 14.4 Å². The lowest BCUT2D eigenvalue weighted by atomic mass is 10.2. The third-order valence-corrected chi connectivity index (χ3v) is 9.05. The van der Waals surface area contributed by atoms with Gasteiger partial charge in [0.2, 0.25) is 16.8 Å². The summed E-state index contributed by atoms with van der Waals surface area (Å²) < 4.78 is 39.2. The fourth-order valence-corrected chi connectivity index (χ4v) is 6.51. The van der Waals surface area contributed by atoms with Crippen LogP contribution in [0.3, 0.4) is 0 Å². The van der Waals surface area contributed by atoms with Gasteiger partial charge in [-0.15, -0.1) is 0 Å². The highest BCUT2D eigenvalue weighted by molar-refractivity contribution is 7.89. The van der Waals surface area contributed by atoms with Crippen LogP contribution in [0.4, 0.5) is 5.13 Å². The van der Waals surface area contributed by atoms with Crippen LogP contribution in [0.2, 0.25) is 0 Å². The van der Waals surface area contributed by atoms with Crippen LogP contribution in [-0.4, -0.2) is 48.5 Å². The van der Waals surface area contributed by atoms with Gasteiger partial charge in [0.25, 0.3) is 5.91 Å². The molecule has 0 saturated heterocycles. The lowest BCUT2D eigenvalue weighted by Crippen LogP contribution is -2.33. The maximum Gasteiger partial charge on any atom is 0.260 e. The number of carbonyl (C=O) groups excluding carboxylic acids is 1. The van der Waals surface area contributed by atoms with Crippen molar-refractivity contribution in [3.05, 3.63) is 72.1 Å². The van der Waals surface area contributed by atoms with E-state index in [9.17, 15) is 13.2 Å². The summed E-state index contributed by atoms with van der Waals surface area (Å²) in [6, 6.07) is 16.7. The van der Waals surface area contributed by atoms with Gasteiger partial charge in [-0.3, -0.25) is 14.7 Å². The molecule has 0 spiro atoms. The van der Waals surface area contributed by atoms with E-state index in [-0.39, 0.29) is 55.6 Å². The third-order valence-electron chi connectivity index (χ3n) is 6.10. The SMILES string of the molecule is N#CCCN(CCC#N)S(=O)(=O)c1ccc(C(=O)N(Cc2cccnc2)c2nc3cc4c(cc3s2)OCO4)cc1. The number of carbonyl (C=O) groups is 1. The lowest BCUT2D eigenvalue weighted by Gasteiger charge is -2.21. The number of hydrogen-bond acceptors (Lipinski definition) is 10. The van der Waals surface area contributed by atoms with Crippen LogP contribution in [0.1, 0.15) is 28.8 Å². The smallest absolute Gasteiger partial charge is 0.260 e. The molecule has 0 atom stereocenters. The first kappa shape index (κ1) is 27.0. The number of rotatable bonds is 10. The van der Waals surface area contributed by atoms with Gasteiger partial charge in [-0.05, 0) is 35.9 Å². The van der Waals surface area contributed by atoms with Gasteiger partial charge in [-0.1, -0.05) is 17.4 Å². The molecule has 202 valence electrons. The summed E-state index contributed by atoms with van der Waals surface area (Å²) in [5.41, 5.74) is 1.70. The van der Waals surface area contributed by atoms with Crippen molar-refractivity contribution in [3.8, 4) is 23.6 Å². The Bertz CT molecular complexity index is 1670. The molecule has 5 rings (SSSR count). The number of pyridine rings is 1. The molecule has 13 heteroatoms. The summed E-state index contributed by atoms with van der Waals surface area (Å²) in [6.07, 6.45) is 3.29. The molecule has 0 aliphatic carbocycles. The van der Waals surface area contributed by atoms with Crippen molar-refractivity contribution in [2.45, 2.75) is 24.3 Å². The zero-order valence-corrected chi connectivity index (χ0v) is 22.7. The lowest BCUT2D eigenvalue weighted by molar-refractivity contribution is 0.0985. The number of aromatic nitrogens is 2. The average molecular weight is 575 g/mol. The number of nitrogens with zero attached hydrogens (tertiary/aromatic N) is 6. The van der Waals surface area contributed by atoms with Crippen molar-refractivity contribution in [1.29, 1.82) is 10.5 Å². The summed E-state index contributed by atoms with van der Waals surface area (Å²) in [7, 11) is -3.97. The summed E-state index contributed by atoms with van der Waals surface area (Å²) in [5, 5.41) is 18.3. The number of anilines is 1. The summed E-state index contributed by atoms with van der Waals surface area (Å²) in [5.74, 6) is 0.825. The van der Waals surface area contributed by atoms with Gasteiger partial charge < -0.3 is 9.47 Å². The second kappa shape index (κ2) is 11.7. The summed E-state index contributed by atoms with van der Waals surface area (Å²) >= 11 is 1.32. The number of sulfonamides is 1. The van der Waals surface area contributed by atoms with Crippen molar-refractivity contribution >= 4 is 42.6 Å². The van der Waals surface area contributed by atoms with E-state index in [4.69, 9.17) is 20.0 Å². The second-order valence-electron chi connectivity index (χ2n) is 8.67. The summed E-state index contributed by atoms with van der Waals surface area (Å²) in [6.45, 7) is 0.273. The highest BCUT2D eigenvalue weighted by atomic mass is 32.2. The van der Waals surface area contributed by atoms with E-state index >= 15 is 0 Å². The Hall–Kier alpha value is -4.56. The quantitative estimate of drug-likeness (QED) is 0.273. The maximum atomic E-state index is 13.8. The Balaban J connectivity index is 1.46. The molecule has 0 bridgehead atoms. The first-order valence-electron chi connectivity index (χ1n) is 12.2. The number of nitriles is 2. The predicted molar refractivity (Wildman–Crippen MR) is 146 cm³/mol. The Morgan fingerprint density at radius 2 is 1.73 bits per heavy atom. The first-order chi connectivity index (χ1) is 19.4. The van der Waals surface area contributed by atoms with Crippen molar-refractivity contribution in [1.82, 2.24) is 14.3 Å². The first-order valence-corrected chi connectivity index (χ1v) is 14.4. The number of benzene rings is 2. The number of ether oxygens (including phenoxy) is 2. The molecule has 3 heterocycles.